The van der Waals surface area contributed by atoms with Gasteiger partial charge in [0.25, 0.3) is 0 Å². The Kier molecular flexibility index (Phi) is 4.55. The lowest BCUT2D eigenvalue weighted by Gasteiger charge is -2.18. The Labute approximate surface area is 123 Å². The molecular weight excluding hydrogens is 270 g/mol. The van der Waals surface area contributed by atoms with E-state index in [0.717, 1.165) is 23.5 Å². The van der Waals surface area contributed by atoms with Gasteiger partial charge in [-0.1, -0.05) is 30.3 Å². The Morgan fingerprint density at radius 2 is 1.95 bits per heavy atom. The first-order valence-corrected chi connectivity index (χ1v) is 7.49. The number of aryl methyl sites for hydroxylation is 2. The highest BCUT2D eigenvalue weighted by molar-refractivity contribution is 7.10. The predicted molar refractivity (Wildman–Crippen MR) is 81.0 cm³/mol. The van der Waals surface area contributed by atoms with Crippen LogP contribution < -0.4 is 0 Å². The van der Waals surface area contributed by atoms with E-state index in [1.807, 2.05) is 37.4 Å². The molecule has 0 saturated carbocycles. The van der Waals surface area contributed by atoms with E-state index in [9.17, 15) is 4.79 Å². The van der Waals surface area contributed by atoms with Gasteiger partial charge >= 0.3 is 5.97 Å². The number of hydrogen-bond donors (Lipinski definition) is 0. The number of carbonyl (C=O) groups is 1. The summed E-state index contributed by atoms with van der Waals surface area (Å²) >= 11 is 1.52. The lowest BCUT2D eigenvalue weighted by Crippen LogP contribution is -2.30. The van der Waals surface area contributed by atoms with Gasteiger partial charge in [-0.3, -0.25) is 4.79 Å². The molecule has 106 valence electrons. The summed E-state index contributed by atoms with van der Waals surface area (Å²) in [6.07, 6.45) is 1.85. The van der Waals surface area contributed by atoms with Gasteiger partial charge in [-0.05, 0) is 32.3 Å². The van der Waals surface area contributed by atoms with Crippen LogP contribution in [-0.2, 0) is 27.8 Å². The Bertz CT molecular complexity index is 575. The third-order valence-electron chi connectivity index (χ3n) is 3.29. The van der Waals surface area contributed by atoms with Gasteiger partial charge in [0.05, 0.1) is 12.8 Å². The summed E-state index contributed by atoms with van der Waals surface area (Å²) in [6.45, 7) is 3.69. The molecule has 0 N–H and O–H groups in total. The smallest absolute Gasteiger partial charge is 0.318 e. The van der Waals surface area contributed by atoms with Crippen LogP contribution >= 0.6 is 11.3 Å². The number of hydrogen-bond acceptors (Lipinski definition) is 4. The fourth-order valence-electron chi connectivity index (χ4n) is 1.97. The highest BCUT2D eigenvalue weighted by atomic mass is 32.1. The van der Waals surface area contributed by atoms with Gasteiger partial charge in [0.15, 0.2) is 0 Å². The molecule has 0 spiro atoms. The molecule has 0 unspecified atom stereocenters. The number of benzene rings is 1. The van der Waals surface area contributed by atoms with Crippen molar-refractivity contribution in [2.75, 3.05) is 7.11 Å². The molecule has 0 radical (unpaired) electrons. The Balaban J connectivity index is 2.04. The Morgan fingerprint density at radius 1 is 1.25 bits per heavy atom. The third-order valence-corrected chi connectivity index (χ3v) is 4.51. The van der Waals surface area contributed by atoms with Crippen molar-refractivity contribution in [3.63, 3.8) is 0 Å². The molecule has 3 nitrogen and oxygen atoms in total. The minimum atomic E-state index is -0.676. The standard InChI is InChI=1S/C16H19NO2S/c1-16(2,15(18)19-3)14-17-13(11-20-14)10-9-12-7-5-4-6-8-12/h4-8,11H,9-10H2,1-3H3. The minimum Gasteiger partial charge on any atom is -0.468 e. The zero-order valence-corrected chi connectivity index (χ0v) is 12.9. The van der Waals surface area contributed by atoms with Crippen LogP contribution in [0.2, 0.25) is 0 Å². The highest BCUT2D eigenvalue weighted by Crippen LogP contribution is 2.28. The molecule has 0 bridgehead atoms. The summed E-state index contributed by atoms with van der Waals surface area (Å²) in [5.74, 6) is -0.249. The maximum absolute atomic E-state index is 11.8. The molecule has 2 aromatic rings. The van der Waals surface area contributed by atoms with Crippen molar-refractivity contribution in [2.24, 2.45) is 0 Å². The fraction of sp³-hybridized carbons (Fsp3) is 0.375. The van der Waals surface area contributed by atoms with Crippen molar-refractivity contribution in [1.82, 2.24) is 4.98 Å². The average molecular weight is 289 g/mol. The van der Waals surface area contributed by atoms with Crippen LogP contribution in [0.4, 0.5) is 0 Å². The topological polar surface area (TPSA) is 39.2 Å². The number of thiazole rings is 1. The number of methoxy groups -OCH3 is 1. The van der Waals surface area contributed by atoms with Gasteiger partial charge in [-0.2, -0.15) is 0 Å². The van der Waals surface area contributed by atoms with Gasteiger partial charge in [0, 0.05) is 5.38 Å². The average Bonchev–Trinajstić information content (AvgIpc) is 2.95. The van der Waals surface area contributed by atoms with Crippen molar-refractivity contribution in [1.29, 1.82) is 0 Å². The van der Waals surface area contributed by atoms with E-state index in [-0.39, 0.29) is 5.97 Å². The van der Waals surface area contributed by atoms with E-state index in [4.69, 9.17) is 4.74 Å². The maximum atomic E-state index is 11.8. The fourth-order valence-corrected chi connectivity index (χ4v) is 2.93. The van der Waals surface area contributed by atoms with Crippen molar-refractivity contribution < 1.29 is 9.53 Å². The van der Waals surface area contributed by atoms with Crippen LogP contribution in [0.25, 0.3) is 0 Å². The van der Waals surface area contributed by atoms with E-state index in [1.54, 1.807) is 0 Å². The number of nitrogens with zero attached hydrogens (tertiary/aromatic N) is 1. The van der Waals surface area contributed by atoms with Gasteiger partial charge in [-0.15, -0.1) is 11.3 Å². The Morgan fingerprint density at radius 3 is 2.60 bits per heavy atom. The second-order valence-electron chi connectivity index (χ2n) is 5.25. The van der Waals surface area contributed by atoms with Gasteiger partial charge in [0.1, 0.15) is 10.4 Å². The number of carbonyl (C=O) groups excluding carboxylic acids is 1. The second-order valence-corrected chi connectivity index (χ2v) is 6.10. The van der Waals surface area contributed by atoms with Gasteiger partial charge < -0.3 is 4.74 Å². The van der Waals surface area contributed by atoms with E-state index < -0.39 is 5.41 Å². The molecular formula is C16H19NO2S. The van der Waals surface area contributed by atoms with E-state index >= 15 is 0 Å². The van der Waals surface area contributed by atoms with Crippen LogP contribution in [0, 0.1) is 0 Å². The van der Waals surface area contributed by atoms with Crippen LogP contribution in [0.15, 0.2) is 35.7 Å². The zero-order valence-electron chi connectivity index (χ0n) is 12.1. The summed E-state index contributed by atoms with van der Waals surface area (Å²) in [4.78, 5) is 16.4. The van der Waals surface area contributed by atoms with Crippen LogP contribution in [0.1, 0.15) is 30.1 Å². The summed E-state index contributed by atoms with van der Waals surface area (Å²) < 4.78 is 4.84. The Hall–Kier alpha value is -1.68. The molecule has 0 aliphatic carbocycles. The van der Waals surface area contributed by atoms with Crippen molar-refractivity contribution in [3.8, 4) is 0 Å². The second kappa shape index (κ2) is 6.18. The molecule has 0 aliphatic rings. The number of aromatic nitrogens is 1. The first-order valence-electron chi connectivity index (χ1n) is 6.61. The summed E-state index contributed by atoms with van der Waals surface area (Å²) in [6, 6.07) is 10.3. The summed E-state index contributed by atoms with van der Waals surface area (Å²) in [5.41, 5.74) is 1.66. The predicted octanol–water partition coefficient (Wildman–Crippen LogP) is 3.38. The lowest BCUT2D eigenvalue weighted by atomic mass is 9.95. The molecule has 2 rings (SSSR count). The van der Waals surface area contributed by atoms with Gasteiger partial charge in [0.2, 0.25) is 0 Å². The first kappa shape index (κ1) is 14.7. The largest absolute Gasteiger partial charge is 0.468 e. The normalized spacial score (nSPS) is 11.3. The van der Waals surface area contributed by atoms with Crippen LogP contribution in [0.3, 0.4) is 0 Å². The summed E-state index contributed by atoms with van der Waals surface area (Å²) in [7, 11) is 1.41. The van der Waals surface area contributed by atoms with Crippen LogP contribution in [0.5, 0.6) is 0 Å². The first-order chi connectivity index (χ1) is 9.54. The van der Waals surface area contributed by atoms with Crippen molar-refractivity contribution in [3.05, 3.63) is 52.0 Å². The quantitative estimate of drug-likeness (QED) is 0.792. The molecule has 20 heavy (non-hydrogen) atoms. The monoisotopic (exact) mass is 289 g/mol. The molecule has 0 amide bonds. The molecule has 0 saturated heterocycles. The zero-order chi connectivity index (χ0) is 14.6. The van der Waals surface area contributed by atoms with E-state index in [0.29, 0.717) is 0 Å². The van der Waals surface area contributed by atoms with E-state index in [1.165, 1.54) is 24.0 Å². The highest BCUT2D eigenvalue weighted by Gasteiger charge is 2.33. The third kappa shape index (κ3) is 3.25. The van der Waals surface area contributed by atoms with E-state index in [2.05, 4.69) is 17.1 Å². The number of ether oxygens (including phenoxy) is 1. The number of esters is 1. The van der Waals surface area contributed by atoms with Crippen LogP contribution in [-0.4, -0.2) is 18.1 Å². The SMILES string of the molecule is COC(=O)C(C)(C)c1nc(CCc2ccccc2)cs1. The molecule has 4 heteroatoms. The molecule has 0 fully saturated rings. The summed E-state index contributed by atoms with van der Waals surface area (Å²) in [5, 5.41) is 2.84. The molecule has 1 heterocycles. The molecule has 1 aromatic carbocycles. The van der Waals surface area contributed by atoms with Crippen molar-refractivity contribution in [2.45, 2.75) is 32.1 Å². The molecule has 0 aliphatic heterocycles. The molecule has 1 aromatic heterocycles. The van der Waals surface area contributed by atoms with Crippen molar-refractivity contribution >= 4 is 17.3 Å². The maximum Gasteiger partial charge on any atom is 0.318 e. The van der Waals surface area contributed by atoms with Gasteiger partial charge in [-0.25, -0.2) is 4.98 Å². The lowest BCUT2D eigenvalue weighted by molar-refractivity contribution is -0.146. The number of rotatable bonds is 5. The molecule has 0 atom stereocenters. The minimum absolute atomic E-state index is 0.249.